The van der Waals surface area contributed by atoms with Gasteiger partial charge in [0.2, 0.25) is 15.9 Å². The van der Waals surface area contributed by atoms with E-state index in [1.807, 2.05) is 20.8 Å². The molecule has 2 unspecified atom stereocenters. The van der Waals surface area contributed by atoms with Gasteiger partial charge in [-0.1, -0.05) is 19.9 Å². The predicted molar refractivity (Wildman–Crippen MR) is 96.8 cm³/mol. The minimum Gasteiger partial charge on any atom is -0.378 e. The average Bonchev–Trinajstić information content (AvgIpc) is 2.55. The van der Waals surface area contributed by atoms with E-state index in [-0.39, 0.29) is 16.9 Å². The molecule has 4 N–H and O–H groups in total. The molecule has 1 amide bonds. The summed E-state index contributed by atoms with van der Waals surface area (Å²) in [6.07, 6.45) is 0.346. The molecule has 8 heteroatoms. The van der Waals surface area contributed by atoms with E-state index in [4.69, 9.17) is 10.5 Å². The number of sulfonamides is 1. The van der Waals surface area contributed by atoms with Crippen LogP contribution in [-0.2, 0) is 19.6 Å². The number of aryl methyl sites for hydroxylation is 1. The third-order valence-corrected chi connectivity index (χ3v) is 6.80. The maximum Gasteiger partial charge on any atom is 0.245 e. The third kappa shape index (κ3) is 3.31. The Hall–Kier alpha value is -1.48. The fourth-order valence-electron chi connectivity index (χ4n) is 3.14. The van der Waals surface area contributed by atoms with Crippen molar-refractivity contribution in [2.75, 3.05) is 19.0 Å². The number of amides is 1. The lowest BCUT2D eigenvalue weighted by Gasteiger charge is -2.57. The van der Waals surface area contributed by atoms with Crippen LogP contribution in [0.5, 0.6) is 0 Å². The maximum absolute atomic E-state index is 12.7. The van der Waals surface area contributed by atoms with Gasteiger partial charge >= 0.3 is 0 Å². The summed E-state index contributed by atoms with van der Waals surface area (Å²) < 4.78 is 32.1. The second kappa shape index (κ2) is 6.68. The van der Waals surface area contributed by atoms with E-state index in [0.717, 1.165) is 0 Å². The molecule has 0 bridgehead atoms. The number of hydrogen-bond donors (Lipinski definition) is 3. The third-order valence-electron chi connectivity index (χ3n) is 5.24. The van der Waals surface area contributed by atoms with Gasteiger partial charge in [0.15, 0.2) is 0 Å². The smallest absolute Gasteiger partial charge is 0.245 e. The zero-order valence-corrected chi connectivity index (χ0v) is 16.2. The predicted octanol–water partition coefficient (Wildman–Crippen LogP) is 1.37. The van der Waals surface area contributed by atoms with Crippen LogP contribution in [0.3, 0.4) is 0 Å². The summed E-state index contributed by atoms with van der Waals surface area (Å²) in [5, 5.41) is 2.75. The van der Waals surface area contributed by atoms with Crippen LogP contribution in [0.2, 0.25) is 0 Å². The Morgan fingerprint density at radius 2 is 2.04 bits per heavy atom. The van der Waals surface area contributed by atoms with Crippen LogP contribution in [0.1, 0.15) is 32.8 Å². The minimum absolute atomic E-state index is 0.0773. The first-order valence-electron chi connectivity index (χ1n) is 8.25. The molecule has 1 aliphatic rings. The molecular formula is C17H27N3O4S. The van der Waals surface area contributed by atoms with Crippen molar-refractivity contribution in [3.05, 3.63) is 23.8 Å². The molecule has 2 rings (SSSR count). The van der Waals surface area contributed by atoms with Gasteiger partial charge in [-0.05, 0) is 38.6 Å². The van der Waals surface area contributed by atoms with Crippen LogP contribution in [0.4, 0.5) is 5.69 Å². The van der Waals surface area contributed by atoms with Crippen molar-refractivity contribution >= 4 is 21.6 Å². The van der Waals surface area contributed by atoms with Gasteiger partial charge < -0.3 is 15.8 Å². The highest BCUT2D eigenvalue weighted by atomic mass is 32.2. The summed E-state index contributed by atoms with van der Waals surface area (Å²) in [6.45, 7) is 7.98. The van der Waals surface area contributed by atoms with E-state index in [0.29, 0.717) is 24.3 Å². The molecule has 0 saturated heterocycles. The fourth-order valence-corrected chi connectivity index (χ4v) is 4.13. The lowest BCUT2D eigenvalue weighted by atomic mass is 9.54. The molecular weight excluding hydrogens is 342 g/mol. The summed E-state index contributed by atoms with van der Waals surface area (Å²) in [5.74, 6) is -0.342. The van der Waals surface area contributed by atoms with Gasteiger partial charge in [-0.3, -0.25) is 4.79 Å². The Balaban J connectivity index is 2.24. The van der Waals surface area contributed by atoms with E-state index < -0.39 is 21.0 Å². The average molecular weight is 369 g/mol. The highest BCUT2D eigenvalue weighted by Gasteiger charge is 2.62. The van der Waals surface area contributed by atoms with Crippen molar-refractivity contribution in [1.82, 2.24) is 4.72 Å². The van der Waals surface area contributed by atoms with E-state index in [1.54, 1.807) is 19.1 Å². The number of ether oxygens (including phenoxy) is 1. The first-order chi connectivity index (χ1) is 11.5. The number of carbonyl (C=O) groups is 1. The molecule has 2 atom stereocenters. The minimum atomic E-state index is -3.61. The topological polar surface area (TPSA) is 111 Å². The van der Waals surface area contributed by atoms with Gasteiger partial charge in [0.05, 0.1) is 11.0 Å². The Kier molecular flexibility index (Phi) is 5.30. The van der Waals surface area contributed by atoms with E-state index >= 15 is 0 Å². The summed E-state index contributed by atoms with van der Waals surface area (Å²) in [7, 11) is -2.26. The Bertz CT molecular complexity index is 776. The summed E-state index contributed by atoms with van der Waals surface area (Å²) >= 11 is 0. The number of rotatable bonds is 6. The van der Waals surface area contributed by atoms with Crippen LogP contribution in [0.25, 0.3) is 0 Å². The highest BCUT2D eigenvalue weighted by Crippen LogP contribution is 2.50. The van der Waals surface area contributed by atoms with Gasteiger partial charge in [-0.2, -0.15) is 0 Å². The van der Waals surface area contributed by atoms with Crippen LogP contribution < -0.4 is 15.8 Å². The molecule has 1 aliphatic carbocycles. The number of nitrogens with one attached hydrogen (secondary N) is 2. The second-order valence-corrected chi connectivity index (χ2v) is 8.84. The molecule has 0 radical (unpaired) electrons. The second-order valence-electron chi connectivity index (χ2n) is 6.98. The highest BCUT2D eigenvalue weighted by molar-refractivity contribution is 7.89. The van der Waals surface area contributed by atoms with Crippen molar-refractivity contribution < 1.29 is 17.9 Å². The molecule has 0 aromatic heterocycles. The number of benzene rings is 1. The SMILES string of the molecule is CCOC1CC(N)(C(=O)Nc2ccc(C)c(S(=O)(=O)NC)c2)C1(C)C. The van der Waals surface area contributed by atoms with E-state index in [2.05, 4.69) is 10.0 Å². The number of hydrogen-bond acceptors (Lipinski definition) is 5. The Morgan fingerprint density at radius 3 is 2.56 bits per heavy atom. The number of carbonyl (C=O) groups excluding carboxylic acids is 1. The van der Waals surface area contributed by atoms with Crippen molar-refractivity contribution in [3.63, 3.8) is 0 Å². The summed E-state index contributed by atoms with van der Waals surface area (Å²) in [5.41, 5.74) is 5.75. The molecule has 25 heavy (non-hydrogen) atoms. The van der Waals surface area contributed by atoms with Crippen LogP contribution in [0.15, 0.2) is 23.1 Å². The van der Waals surface area contributed by atoms with Gasteiger partial charge in [0, 0.05) is 24.1 Å². The molecule has 1 fully saturated rings. The normalized spacial score (nSPS) is 25.3. The van der Waals surface area contributed by atoms with Gasteiger partial charge in [-0.25, -0.2) is 13.1 Å². The molecule has 1 saturated carbocycles. The lowest BCUT2D eigenvalue weighted by Crippen LogP contribution is -2.74. The fraction of sp³-hybridized carbons (Fsp3) is 0.588. The summed E-state index contributed by atoms with van der Waals surface area (Å²) in [4.78, 5) is 12.9. The molecule has 0 heterocycles. The molecule has 7 nitrogen and oxygen atoms in total. The van der Waals surface area contributed by atoms with Crippen molar-refractivity contribution in [2.45, 2.75) is 50.7 Å². The van der Waals surface area contributed by atoms with Gasteiger partial charge in [0.1, 0.15) is 5.54 Å². The Labute approximate surface area is 149 Å². The van der Waals surface area contributed by atoms with Gasteiger partial charge in [-0.15, -0.1) is 0 Å². The largest absolute Gasteiger partial charge is 0.378 e. The van der Waals surface area contributed by atoms with Crippen molar-refractivity contribution in [2.24, 2.45) is 11.1 Å². The van der Waals surface area contributed by atoms with E-state index in [1.165, 1.54) is 13.1 Å². The maximum atomic E-state index is 12.7. The van der Waals surface area contributed by atoms with Crippen LogP contribution >= 0.6 is 0 Å². The first-order valence-corrected chi connectivity index (χ1v) is 9.74. The Morgan fingerprint density at radius 1 is 1.40 bits per heavy atom. The van der Waals surface area contributed by atoms with Crippen LogP contribution in [-0.4, -0.2) is 39.6 Å². The monoisotopic (exact) mass is 369 g/mol. The van der Waals surface area contributed by atoms with Crippen molar-refractivity contribution in [1.29, 1.82) is 0 Å². The molecule has 1 aromatic rings. The number of anilines is 1. The van der Waals surface area contributed by atoms with E-state index in [9.17, 15) is 13.2 Å². The number of nitrogens with two attached hydrogens (primary N) is 1. The standard InChI is InChI=1S/C17H27N3O4S/c1-6-24-14-10-17(18,16(14,3)4)15(21)20-12-8-7-11(2)13(9-12)25(22,23)19-5/h7-9,14,19H,6,10,18H2,1-5H3,(H,20,21). The summed E-state index contributed by atoms with van der Waals surface area (Å²) in [6, 6.07) is 4.75. The molecule has 140 valence electrons. The lowest BCUT2D eigenvalue weighted by molar-refractivity contribution is -0.166. The first kappa shape index (κ1) is 19.8. The van der Waals surface area contributed by atoms with Crippen molar-refractivity contribution in [3.8, 4) is 0 Å². The molecule has 0 aliphatic heterocycles. The zero-order valence-electron chi connectivity index (χ0n) is 15.3. The molecule has 0 spiro atoms. The van der Waals surface area contributed by atoms with Crippen LogP contribution in [0, 0.1) is 12.3 Å². The molecule has 1 aromatic carbocycles. The quantitative estimate of drug-likeness (QED) is 0.701. The zero-order chi connectivity index (χ0) is 19.0. The van der Waals surface area contributed by atoms with Gasteiger partial charge in [0.25, 0.3) is 0 Å².